The molecule has 0 rings (SSSR count). The van der Waals surface area contributed by atoms with E-state index in [-0.39, 0.29) is 0 Å². The summed E-state index contributed by atoms with van der Waals surface area (Å²) in [6.45, 7) is 6.78. The molecule has 0 N–H and O–H groups in total. The van der Waals surface area contributed by atoms with Crippen molar-refractivity contribution in [3.8, 4) is 0 Å². The Hall–Kier alpha value is 0.908. The van der Waals surface area contributed by atoms with Crippen LogP contribution in [0, 0.1) is 0 Å². The second kappa shape index (κ2) is 2.27. The van der Waals surface area contributed by atoms with Crippen molar-refractivity contribution < 1.29 is 0 Å². The molecule has 0 aromatic heterocycles. The molecule has 8 heavy (non-hydrogen) atoms. The Kier molecular flexibility index (Phi) is 2.52. The first-order chi connectivity index (χ1) is 3.39. The molecule has 0 aromatic carbocycles. The molecular formula is C4H6AsCl3. The first kappa shape index (κ1) is 8.91. The average Bonchev–Trinajstić information content (AvgIpc) is 1.68. The van der Waals surface area contributed by atoms with Crippen LogP contribution in [0.2, 0.25) is 0 Å². The maximum absolute atomic E-state index is 5.63. The summed E-state index contributed by atoms with van der Waals surface area (Å²) < 4.78 is 0. The molecule has 0 aromatic rings. The minimum absolute atomic E-state index is 1.37. The van der Waals surface area contributed by atoms with Crippen LogP contribution in [0.5, 0.6) is 0 Å². The predicted octanol–water partition coefficient (Wildman–Crippen LogP) is 3.05. The van der Waals surface area contributed by atoms with Crippen molar-refractivity contribution in [2.45, 2.75) is 0 Å². The fourth-order valence-electron chi connectivity index (χ4n) is 0.0745. The summed E-state index contributed by atoms with van der Waals surface area (Å²) in [5.41, 5.74) is 0. The van der Waals surface area contributed by atoms with Crippen LogP contribution < -0.4 is 0 Å². The molecule has 0 aliphatic rings. The Balaban J connectivity index is 4.46. The summed E-state index contributed by atoms with van der Waals surface area (Å²) >= 11 is 0. The summed E-state index contributed by atoms with van der Waals surface area (Å²) in [6, 6.07) is 0. The summed E-state index contributed by atoms with van der Waals surface area (Å²) in [6.07, 6.45) is 0. The zero-order valence-corrected chi connectivity index (χ0v) is 8.29. The standard InChI is InChI=1S/C4H6AsCl3/c1-3-5(6,7,8)4-2/h3-4H,1-2H2. The van der Waals surface area contributed by atoms with Gasteiger partial charge in [0.1, 0.15) is 0 Å². The van der Waals surface area contributed by atoms with Crippen molar-refractivity contribution in [1.29, 1.82) is 0 Å². The van der Waals surface area contributed by atoms with E-state index in [1.165, 1.54) is 9.73 Å². The van der Waals surface area contributed by atoms with Crippen LogP contribution in [0.1, 0.15) is 0 Å². The molecule has 0 amide bonds. The average molecular weight is 235 g/mol. The topological polar surface area (TPSA) is 0 Å². The van der Waals surface area contributed by atoms with E-state index in [0.29, 0.717) is 0 Å². The molecule has 0 nitrogen and oxygen atoms in total. The molecule has 4 heteroatoms. The van der Waals surface area contributed by atoms with Crippen LogP contribution in [0.4, 0.5) is 0 Å². The zero-order chi connectivity index (χ0) is 6.86. The molecule has 48 valence electrons. The van der Waals surface area contributed by atoms with E-state index < -0.39 is 9.63 Å². The van der Waals surface area contributed by atoms with Gasteiger partial charge in [0.2, 0.25) is 0 Å². The number of hydrogen-bond acceptors (Lipinski definition) is 0. The molecule has 0 saturated carbocycles. The second-order valence-electron chi connectivity index (χ2n) is 1.29. The van der Waals surface area contributed by atoms with E-state index in [2.05, 4.69) is 13.2 Å². The van der Waals surface area contributed by atoms with E-state index in [4.69, 9.17) is 29.8 Å². The molecule has 0 aliphatic carbocycles. The quantitative estimate of drug-likeness (QED) is 0.645. The predicted molar refractivity (Wildman–Crippen MR) is 43.7 cm³/mol. The summed E-state index contributed by atoms with van der Waals surface area (Å²) in [5.74, 6) is 0. The minimum atomic E-state index is -3.64. The molecule has 0 atom stereocenters. The van der Waals surface area contributed by atoms with E-state index >= 15 is 0 Å². The molecule has 0 radical (unpaired) electrons. The number of rotatable bonds is 2. The Morgan fingerprint density at radius 2 is 1.25 bits per heavy atom. The van der Waals surface area contributed by atoms with Gasteiger partial charge >= 0.3 is 62.4 Å². The summed E-state index contributed by atoms with van der Waals surface area (Å²) in [7, 11) is 13.3. The van der Waals surface area contributed by atoms with Gasteiger partial charge in [-0.05, 0) is 0 Å². The van der Waals surface area contributed by atoms with Gasteiger partial charge in [-0.3, -0.25) is 0 Å². The van der Waals surface area contributed by atoms with Crippen LogP contribution in [-0.4, -0.2) is 9.63 Å². The first-order valence-electron chi connectivity index (χ1n) is 1.84. The molecule has 0 aliphatic heterocycles. The van der Waals surface area contributed by atoms with Crippen molar-refractivity contribution in [1.82, 2.24) is 0 Å². The SMILES string of the molecule is C=C[As](Cl)(Cl)(Cl)C=C. The van der Waals surface area contributed by atoms with E-state index in [9.17, 15) is 0 Å². The third-order valence-electron chi connectivity index (χ3n) is 0.625. The van der Waals surface area contributed by atoms with Crippen LogP contribution in [0.25, 0.3) is 0 Å². The Morgan fingerprint density at radius 1 is 1.00 bits per heavy atom. The van der Waals surface area contributed by atoms with Gasteiger partial charge in [0, 0.05) is 0 Å². The third-order valence-corrected chi connectivity index (χ3v) is 7.55. The van der Waals surface area contributed by atoms with E-state index in [1.54, 1.807) is 0 Å². The van der Waals surface area contributed by atoms with Gasteiger partial charge in [-0.1, -0.05) is 0 Å². The summed E-state index contributed by atoms with van der Waals surface area (Å²) in [5, 5.41) is 0. The molecule has 0 spiro atoms. The molecule has 0 heterocycles. The number of halogens is 3. The van der Waals surface area contributed by atoms with Crippen molar-refractivity contribution in [3.63, 3.8) is 0 Å². The van der Waals surface area contributed by atoms with Gasteiger partial charge in [0.25, 0.3) is 0 Å². The molecule has 0 fully saturated rings. The maximum atomic E-state index is 5.63. The van der Waals surface area contributed by atoms with Gasteiger partial charge in [-0.15, -0.1) is 0 Å². The number of hydrogen-bond donors (Lipinski definition) is 0. The normalized spacial score (nSPS) is 16.1. The second-order valence-corrected chi connectivity index (χ2v) is 20.8. The third kappa shape index (κ3) is 3.04. The van der Waals surface area contributed by atoms with Gasteiger partial charge in [-0.2, -0.15) is 0 Å². The van der Waals surface area contributed by atoms with Gasteiger partial charge in [-0.25, -0.2) is 0 Å². The van der Waals surface area contributed by atoms with Crippen molar-refractivity contribution in [3.05, 3.63) is 22.9 Å². The van der Waals surface area contributed by atoms with Crippen LogP contribution >= 0.6 is 29.8 Å². The van der Waals surface area contributed by atoms with Gasteiger partial charge in [0.15, 0.2) is 0 Å². The zero-order valence-electron chi connectivity index (χ0n) is 4.15. The molecular weight excluding hydrogens is 229 g/mol. The Labute approximate surface area is 62.2 Å². The molecule has 0 bridgehead atoms. The van der Waals surface area contributed by atoms with Crippen LogP contribution in [0.3, 0.4) is 0 Å². The monoisotopic (exact) mass is 234 g/mol. The first-order valence-corrected chi connectivity index (χ1v) is 11.4. The van der Waals surface area contributed by atoms with E-state index in [1.807, 2.05) is 0 Å². The van der Waals surface area contributed by atoms with Gasteiger partial charge < -0.3 is 0 Å². The van der Waals surface area contributed by atoms with Gasteiger partial charge in [0.05, 0.1) is 0 Å². The molecule has 0 saturated heterocycles. The fourth-order valence-corrected chi connectivity index (χ4v) is 0.387. The van der Waals surface area contributed by atoms with Crippen molar-refractivity contribution >= 4 is 39.5 Å². The van der Waals surface area contributed by atoms with E-state index in [0.717, 1.165) is 0 Å². The Bertz CT molecular complexity index is 109. The molecule has 0 unspecified atom stereocenters. The van der Waals surface area contributed by atoms with Crippen LogP contribution in [-0.2, 0) is 0 Å². The Morgan fingerprint density at radius 3 is 1.25 bits per heavy atom. The van der Waals surface area contributed by atoms with Crippen molar-refractivity contribution in [2.75, 3.05) is 0 Å². The fraction of sp³-hybridized carbons (Fsp3) is 0. The van der Waals surface area contributed by atoms with Crippen LogP contribution in [0.15, 0.2) is 22.9 Å². The summed E-state index contributed by atoms with van der Waals surface area (Å²) in [4.78, 5) is 2.74. The van der Waals surface area contributed by atoms with Crippen molar-refractivity contribution in [2.24, 2.45) is 0 Å².